The van der Waals surface area contributed by atoms with Gasteiger partial charge < -0.3 is 5.11 Å². The number of hydrogen-bond donors (Lipinski definition) is 1. The van der Waals surface area contributed by atoms with E-state index in [4.69, 9.17) is 0 Å². The normalized spacial score (nSPS) is 23.4. The van der Waals surface area contributed by atoms with Gasteiger partial charge >= 0.3 is 6.18 Å². The van der Waals surface area contributed by atoms with Gasteiger partial charge in [-0.15, -0.1) is 0 Å². The Balaban J connectivity index is 1.84. The second kappa shape index (κ2) is 5.51. The molecule has 8 heteroatoms. The summed E-state index contributed by atoms with van der Waals surface area (Å²) in [7, 11) is 0. The number of pyridine rings is 1. The third-order valence-electron chi connectivity index (χ3n) is 4.78. The molecule has 1 aliphatic heterocycles. The second-order valence-corrected chi connectivity index (χ2v) is 6.80. The number of carbonyl (C=O) groups excluding carboxylic acids is 1. The molecule has 4 rings (SSSR count). The predicted octanol–water partition coefficient (Wildman–Crippen LogP) is 3.41. The molecule has 1 saturated carbocycles. The molecule has 1 fully saturated rings. The molecule has 1 N–H and O–H groups in total. The van der Waals surface area contributed by atoms with Gasteiger partial charge in [0.2, 0.25) is 0 Å². The van der Waals surface area contributed by atoms with Crippen LogP contribution >= 0.6 is 0 Å². The van der Waals surface area contributed by atoms with Crippen LogP contribution in [0.15, 0.2) is 35.4 Å². The quantitative estimate of drug-likeness (QED) is 0.889. The van der Waals surface area contributed by atoms with E-state index in [1.807, 2.05) is 0 Å². The van der Waals surface area contributed by atoms with Crippen molar-refractivity contribution in [2.24, 2.45) is 11.0 Å². The van der Waals surface area contributed by atoms with Crippen LogP contribution in [0, 0.1) is 12.8 Å². The van der Waals surface area contributed by atoms with Crippen LogP contribution in [0.4, 0.5) is 13.2 Å². The Bertz CT molecular complexity index is 937. The minimum absolute atomic E-state index is 0.0385. The van der Waals surface area contributed by atoms with Gasteiger partial charge in [0, 0.05) is 23.2 Å². The van der Waals surface area contributed by atoms with Gasteiger partial charge in [0.1, 0.15) is 0 Å². The number of benzene rings is 1. The molecule has 136 valence electrons. The topological polar surface area (TPSA) is 65.8 Å². The van der Waals surface area contributed by atoms with Gasteiger partial charge in [0.15, 0.2) is 0 Å². The molecule has 1 aromatic carbocycles. The molecule has 1 amide bonds. The molecule has 5 nitrogen and oxygen atoms in total. The van der Waals surface area contributed by atoms with Crippen molar-refractivity contribution in [2.45, 2.75) is 38.1 Å². The lowest BCUT2D eigenvalue weighted by molar-refractivity contribution is -0.297. The number of nitrogens with zero attached hydrogens (tertiary/aromatic N) is 3. The fourth-order valence-electron chi connectivity index (χ4n) is 3.25. The molecule has 2 heterocycles. The number of hydrogen-bond acceptors (Lipinski definition) is 4. The number of rotatable bonds is 2. The average Bonchev–Trinajstić information content (AvgIpc) is 3.35. The molecule has 0 spiro atoms. The fraction of sp³-hybridized carbons (Fsp3) is 0.389. The zero-order valence-electron chi connectivity index (χ0n) is 13.9. The van der Waals surface area contributed by atoms with Crippen LogP contribution in [0.25, 0.3) is 10.9 Å². The Morgan fingerprint density at radius 1 is 1.31 bits per heavy atom. The van der Waals surface area contributed by atoms with Crippen molar-refractivity contribution in [1.29, 1.82) is 0 Å². The number of amides is 1. The lowest BCUT2D eigenvalue weighted by Crippen LogP contribution is -2.56. The first-order valence-electron chi connectivity index (χ1n) is 8.28. The van der Waals surface area contributed by atoms with E-state index in [2.05, 4.69) is 10.1 Å². The van der Waals surface area contributed by atoms with Gasteiger partial charge in [0.25, 0.3) is 11.6 Å². The highest BCUT2D eigenvalue weighted by atomic mass is 19.4. The molecule has 1 aliphatic carbocycles. The summed E-state index contributed by atoms with van der Waals surface area (Å²) in [4.78, 5) is 17.3. The summed E-state index contributed by atoms with van der Waals surface area (Å²) in [6.45, 7) is 1.65. The summed E-state index contributed by atoms with van der Waals surface area (Å²) in [6, 6.07) is 8.12. The summed E-state index contributed by atoms with van der Waals surface area (Å²) < 4.78 is 40.8. The molecule has 1 atom stereocenters. The van der Waals surface area contributed by atoms with E-state index in [-0.39, 0.29) is 22.2 Å². The zero-order chi connectivity index (χ0) is 18.7. The van der Waals surface area contributed by atoms with E-state index in [0.29, 0.717) is 16.6 Å². The number of aryl methyl sites for hydroxylation is 1. The van der Waals surface area contributed by atoms with E-state index in [1.54, 1.807) is 31.2 Å². The van der Waals surface area contributed by atoms with Crippen LogP contribution in [0.2, 0.25) is 0 Å². The van der Waals surface area contributed by atoms with Crippen molar-refractivity contribution < 1.29 is 23.1 Å². The lowest BCUT2D eigenvalue weighted by atomic mass is 10.0. The number of fused-ring (bicyclic) bond motifs is 1. The van der Waals surface area contributed by atoms with Gasteiger partial charge in [-0.05, 0) is 37.8 Å². The maximum atomic E-state index is 13.6. The van der Waals surface area contributed by atoms with E-state index in [0.717, 1.165) is 12.8 Å². The Morgan fingerprint density at radius 3 is 2.65 bits per heavy atom. The third-order valence-corrected chi connectivity index (χ3v) is 4.78. The first kappa shape index (κ1) is 17.0. The number of aliphatic hydroxyl groups is 1. The van der Waals surface area contributed by atoms with E-state index in [1.165, 1.54) is 6.07 Å². The highest BCUT2D eigenvalue weighted by Crippen LogP contribution is 2.45. The maximum Gasteiger partial charge on any atom is 0.438 e. The molecular weight excluding hydrogens is 347 g/mol. The molecule has 0 bridgehead atoms. The van der Waals surface area contributed by atoms with Crippen LogP contribution in [-0.4, -0.2) is 38.6 Å². The largest absolute Gasteiger partial charge is 0.438 e. The number of carbonyl (C=O) groups is 1. The van der Waals surface area contributed by atoms with Crippen LogP contribution in [0.5, 0.6) is 0 Å². The van der Waals surface area contributed by atoms with Crippen molar-refractivity contribution in [1.82, 2.24) is 9.99 Å². The number of para-hydroxylation sites is 1. The summed E-state index contributed by atoms with van der Waals surface area (Å²) >= 11 is 0. The van der Waals surface area contributed by atoms with Crippen LogP contribution in [-0.2, 0) is 0 Å². The van der Waals surface area contributed by atoms with Crippen molar-refractivity contribution >= 4 is 22.5 Å². The molecule has 26 heavy (non-hydrogen) atoms. The SMILES string of the molecule is Cc1cc(C(=O)N2N=C(C3CC3)C[C@]2(O)C(F)(F)F)c2ccccc2n1. The van der Waals surface area contributed by atoms with E-state index < -0.39 is 24.2 Å². The second-order valence-electron chi connectivity index (χ2n) is 6.80. The van der Waals surface area contributed by atoms with Crippen LogP contribution in [0.3, 0.4) is 0 Å². The van der Waals surface area contributed by atoms with Crippen LogP contribution in [0.1, 0.15) is 35.3 Å². The fourth-order valence-corrected chi connectivity index (χ4v) is 3.25. The van der Waals surface area contributed by atoms with Gasteiger partial charge in [-0.1, -0.05) is 18.2 Å². The first-order chi connectivity index (χ1) is 12.2. The van der Waals surface area contributed by atoms with Gasteiger partial charge in [0.05, 0.1) is 11.1 Å². The Labute approximate surface area is 147 Å². The third kappa shape index (κ3) is 2.56. The predicted molar refractivity (Wildman–Crippen MR) is 88.4 cm³/mol. The van der Waals surface area contributed by atoms with Gasteiger partial charge in [-0.25, -0.2) is 0 Å². The minimum Gasteiger partial charge on any atom is -0.362 e. The molecule has 0 saturated heterocycles. The number of alkyl halides is 3. The van der Waals surface area contributed by atoms with Crippen LogP contribution < -0.4 is 0 Å². The molecule has 0 unspecified atom stereocenters. The summed E-state index contributed by atoms with van der Waals surface area (Å²) in [5, 5.41) is 14.9. The molecule has 0 radical (unpaired) electrons. The Hall–Kier alpha value is -2.48. The molecule has 2 aliphatic rings. The standard InChI is InChI=1S/C18H16F3N3O2/c1-10-8-13(12-4-2-3-5-14(12)22-10)16(25)24-17(26,18(19,20)21)9-15(23-24)11-6-7-11/h2-5,8,11,26H,6-7,9H2,1H3/t17-/m0/s1. The number of halogens is 3. The van der Waals surface area contributed by atoms with E-state index in [9.17, 15) is 23.1 Å². The summed E-state index contributed by atoms with van der Waals surface area (Å²) in [5.41, 5.74) is -2.06. The number of hydrazone groups is 1. The zero-order valence-corrected chi connectivity index (χ0v) is 13.9. The number of aromatic nitrogens is 1. The first-order valence-corrected chi connectivity index (χ1v) is 8.28. The average molecular weight is 363 g/mol. The smallest absolute Gasteiger partial charge is 0.362 e. The van der Waals surface area contributed by atoms with Gasteiger partial charge in [-0.2, -0.15) is 23.3 Å². The van der Waals surface area contributed by atoms with Crippen molar-refractivity contribution in [3.8, 4) is 0 Å². The van der Waals surface area contributed by atoms with Crippen molar-refractivity contribution in [3.05, 3.63) is 41.6 Å². The maximum absolute atomic E-state index is 13.6. The summed E-state index contributed by atoms with van der Waals surface area (Å²) in [6.07, 6.45) is -4.26. The van der Waals surface area contributed by atoms with Crippen molar-refractivity contribution in [2.75, 3.05) is 0 Å². The minimum atomic E-state index is -5.01. The summed E-state index contributed by atoms with van der Waals surface area (Å²) in [5.74, 6) is -1.07. The van der Waals surface area contributed by atoms with E-state index >= 15 is 0 Å². The molecular formula is C18H16F3N3O2. The highest BCUT2D eigenvalue weighted by Gasteiger charge is 2.64. The highest BCUT2D eigenvalue weighted by molar-refractivity contribution is 6.07. The Morgan fingerprint density at radius 2 is 2.00 bits per heavy atom. The van der Waals surface area contributed by atoms with Gasteiger partial charge in [-0.3, -0.25) is 9.78 Å². The molecule has 1 aromatic heterocycles. The lowest BCUT2D eigenvalue weighted by Gasteiger charge is -2.32. The molecule has 2 aromatic rings. The van der Waals surface area contributed by atoms with Crippen molar-refractivity contribution in [3.63, 3.8) is 0 Å². The Kier molecular flexibility index (Phi) is 3.59. The monoisotopic (exact) mass is 363 g/mol.